The van der Waals surface area contributed by atoms with Crippen LogP contribution in [-0.4, -0.2) is 11.7 Å². The van der Waals surface area contributed by atoms with Crippen LogP contribution in [0.25, 0.3) is 0 Å². The van der Waals surface area contributed by atoms with Gasteiger partial charge in [-0.1, -0.05) is 54.6 Å². The molecule has 0 amide bonds. The Kier molecular flexibility index (Phi) is 6.36. The van der Waals surface area contributed by atoms with Gasteiger partial charge in [0, 0.05) is 13.1 Å². The maximum absolute atomic E-state index is 12.9. The molecule has 0 unspecified atom stereocenters. The largest absolute Gasteiger partial charge is 0.489 e. The number of rotatable bonds is 8. The Morgan fingerprint density at radius 2 is 1.54 bits per heavy atom. The van der Waals surface area contributed by atoms with Crippen molar-refractivity contribution < 1.29 is 14.2 Å². The predicted molar refractivity (Wildman–Crippen MR) is 100 cm³/mol. The zero-order chi connectivity index (χ0) is 18.2. The summed E-state index contributed by atoms with van der Waals surface area (Å²) in [5, 5.41) is 13.3. The Morgan fingerprint density at radius 3 is 2.23 bits per heavy atom. The van der Waals surface area contributed by atoms with Crippen LogP contribution >= 0.6 is 0 Å². The molecular formula is C22H22FNO2. The van der Waals surface area contributed by atoms with Gasteiger partial charge >= 0.3 is 0 Å². The SMILES string of the molecule is O[C@@H](CNCc1ccc(OCc2ccccc2)cc1)c1ccc(F)cc1. The summed E-state index contributed by atoms with van der Waals surface area (Å²) in [6.45, 7) is 1.58. The van der Waals surface area contributed by atoms with E-state index in [1.165, 1.54) is 12.1 Å². The number of benzene rings is 3. The zero-order valence-electron chi connectivity index (χ0n) is 14.4. The molecule has 1 atom stereocenters. The van der Waals surface area contributed by atoms with Gasteiger partial charge in [0.15, 0.2) is 0 Å². The Balaban J connectivity index is 1.43. The minimum Gasteiger partial charge on any atom is -0.489 e. The van der Waals surface area contributed by atoms with Crippen LogP contribution in [0.5, 0.6) is 5.75 Å². The average molecular weight is 351 g/mol. The highest BCUT2D eigenvalue weighted by atomic mass is 19.1. The van der Waals surface area contributed by atoms with Crippen LogP contribution in [0.1, 0.15) is 22.8 Å². The fourth-order valence-corrected chi connectivity index (χ4v) is 2.60. The average Bonchev–Trinajstić information content (AvgIpc) is 2.68. The molecular weight excluding hydrogens is 329 g/mol. The highest BCUT2D eigenvalue weighted by Crippen LogP contribution is 2.15. The van der Waals surface area contributed by atoms with Crippen LogP contribution in [0.2, 0.25) is 0 Å². The highest BCUT2D eigenvalue weighted by molar-refractivity contribution is 5.28. The van der Waals surface area contributed by atoms with Gasteiger partial charge in [-0.2, -0.15) is 0 Å². The van der Waals surface area contributed by atoms with E-state index in [1.54, 1.807) is 12.1 Å². The van der Waals surface area contributed by atoms with Crippen molar-refractivity contribution in [3.63, 3.8) is 0 Å². The van der Waals surface area contributed by atoms with E-state index >= 15 is 0 Å². The first kappa shape index (κ1) is 18.1. The maximum atomic E-state index is 12.9. The van der Waals surface area contributed by atoms with E-state index in [1.807, 2.05) is 54.6 Å². The minimum absolute atomic E-state index is 0.302. The van der Waals surface area contributed by atoms with Crippen molar-refractivity contribution in [2.45, 2.75) is 19.3 Å². The van der Waals surface area contributed by atoms with Gasteiger partial charge in [0.05, 0.1) is 6.10 Å². The Morgan fingerprint density at radius 1 is 0.846 bits per heavy atom. The molecule has 3 aromatic rings. The lowest BCUT2D eigenvalue weighted by molar-refractivity contribution is 0.174. The molecule has 0 aliphatic carbocycles. The van der Waals surface area contributed by atoms with Crippen molar-refractivity contribution in [3.8, 4) is 5.75 Å². The normalized spacial score (nSPS) is 11.9. The van der Waals surface area contributed by atoms with E-state index < -0.39 is 6.10 Å². The van der Waals surface area contributed by atoms with E-state index in [4.69, 9.17) is 4.74 Å². The molecule has 0 aromatic heterocycles. The minimum atomic E-state index is -0.663. The molecule has 0 spiro atoms. The van der Waals surface area contributed by atoms with Crippen molar-refractivity contribution in [1.82, 2.24) is 5.32 Å². The van der Waals surface area contributed by atoms with E-state index in [9.17, 15) is 9.50 Å². The topological polar surface area (TPSA) is 41.5 Å². The second-order valence-electron chi connectivity index (χ2n) is 6.12. The molecule has 26 heavy (non-hydrogen) atoms. The number of aliphatic hydroxyl groups excluding tert-OH is 1. The van der Waals surface area contributed by atoms with Gasteiger partial charge < -0.3 is 15.2 Å². The number of nitrogens with one attached hydrogen (secondary N) is 1. The molecule has 4 heteroatoms. The highest BCUT2D eigenvalue weighted by Gasteiger charge is 2.07. The second kappa shape index (κ2) is 9.13. The summed E-state index contributed by atoms with van der Waals surface area (Å²) in [5.74, 6) is 0.521. The van der Waals surface area contributed by atoms with Crippen molar-refractivity contribution >= 4 is 0 Å². The number of hydrogen-bond donors (Lipinski definition) is 2. The summed E-state index contributed by atoms with van der Waals surface area (Å²) >= 11 is 0. The number of halogens is 1. The Labute approximate surface area is 153 Å². The van der Waals surface area contributed by atoms with Crippen LogP contribution in [0.15, 0.2) is 78.9 Å². The fraction of sp³-hybridized carbons (Fsp3) is 0.182. The molecule has 0 aliphatic rings. The molecule has 2 N–H and O–H groups in total. The molecule has 3 rings (SSSR count). The third-order valence-corrected chi connectivity index (χ3v) is 4.09. The van der Waals surface area contributed by atoms with Gasteiger partial charge in [0.1, 0.15) is 18.2 Å². The van der Waals surface area contributed by atoms with E-state index in [-0.39, 0.29) is 5.82 Å². The molecule has 3 aromatic carbocycles. The smallest absolute Gasteiger partial charge is 0.123 e. The molecule has 0 heterocycles. The van der Waals surface area contributed by atoms with Gasteiger partial charge in [-0.3, -0.25) is 0 Å². The van der Waals surface area contributed by atoms with Crippen molar-refractivity contribution in [1.29, 1.82) is 0 Å². The molecule has 3 nitrogen and oxygen atoms in total. The Bertz CT molecular complexity index is 789. The van der Waals surface area contributed by atoms with Gasteiger partial charge in [0.2, 0.25) is 0 Å². The van der Waals surface area contributed by atoms with E-state index in [0.29, 0.717) is 25.3 Å². The summed E-state index contributed by atoms with van der Waals surface area (Å²) in [7, 11) is 0. The first-order chi connectivity index (χ1) is 12.7. The molecule has 0 saturated heterocycles. The van der Waals surface area contributed by atoms with Crippen LogP contribution < -0.4 is 10.1 Å². The van der Waals surface area contributed by atoms with Gasteiger partial charge in [-0.15, -0.1) is 0 Å². The Hall–Kier alpha value is -2.69. The van der Waals surface area contributed by atoms with Crippen LogP contribution in [0, 0.1) is 5.82 Å². The summed E-state index contributed by atoms with van der Waals surface area (Å²) < 4.78 is 18.7. The summed E-state index contributed by atoms with van der Waals surface area (Å²) in [6.07, 6.45) is -0.663. The fourth-order valence-electron chi connectivity index (χ4n) is 2.60. The molecule has 0 radical (unpaired) electrons. The van der Waals surface area contributed by atoms with Gasteiger partial charge in [0.25, 0.3) is 0 Å². The molecule has 0 saturated carbocycles. The first-order valence-corrected chi connectivity index (χ1v) is 8.60. The van der Waals surface area contributed by atoms with E-state index in [2.05, 4.69) is 5.32 Å². The monoisotopic (exact) mass is 351 g/mol. The predicted octanol–water partition coefficient (Wildman–Crippen LogP) is 4.23. The summed E-state index contributed by atoms with van der Waals surface area (Å²) in [6, 6.07) is 23.8. The molecule has 0 aliphatic heterocycles. The number of hydrogen-bond acceptors (Lipinski definition) is 3. The lowest BCUT2D eigenvalue weighted by atomic mass is 10.1. The van der Waals surface area contributed by atoms with Gasteiger partial charge in [-0.25, -0.2) is 4.39 Å². The van der Waals surface area contributed by atoms with E-state index in [0.717, 1.165) is 16.9 Å². The number of aliphatic hydroxyl groups is 1. The molecule has 0 bridgehead atoms. The number of ether oxygens (including phenoxy) is 1. The van der Waals surface area contributed by atoms with Crippen molar-refractivity contribution in [2.24, 2.45) is 0 Å². The van der Waals surface area contributed by atoms with Crippen molar-refractivity contribution in [2.75, 3.05) is 6.54 Å². The summed E-state index contributed by atoms with van der Waals surface area (Å²) in [4.78, 5) is 0. The quantitative estimate of drug-likeness (QED) is 0.638. The first-order valence-electron chi connectivity index (χ1n) is 8.60. The summed E-state index contributed by atoms with van der Waals surface area (Å²) in [5.41, 5.74) is 2.93. The third kappa shape index (κ3) is 5.41. The lowest BCUT2D eigenvalue weighted by Crippen LogP contribution is -2.21. The maximum Gasteiger partial charge on any atom is 0.123 e. The third-order valence-electron chi connectivity index (χ3n) is 4.09. The van der Waals surface area contributed by atoms with Crippen LogP contribution in [-0.2, 0) is 13.2 Å². The molecule has 0 fully saturated rings. The van der Waals surface area contributed by atoms with Crippen molar-refractivity contribution in [3.05, 3.63) is 101 Å². The van der Waals surface area contributed by atoms with Crippen LogP contribution in [0.4, 0.5) is 4.39 Å². The van der Waals surface area contributed by atoms with Crippen LogP contribution in [0.3, 0.4) is 0 Å². The molecule has 134 valence electrons. The standard InChI is InChI=1S/C22H22FNO2/c23-20-10-8-19(9-11-20)22(25)15-24-14-17-6-12-21(13-7-17)26-16-18-4-2-1-3-5-18/h1-13,22,24-25H,14-16H2/t22-/m0/s1. The zero-order valence-corrected chi connectivity index (χ0v) is 14.4. The van der Waals surface area contributed by atoms with Gasteiger partial charge in [-0.05, 0) is 41.0 Å². The lowest BCUT2D eigenvalue weighted by Gasteiger charge is -2.12. The second-order valence-corrected chi connectivity index (χ2v) is 6.12.